The maximum atomic E-state index is 5.28. The molecule has 0 aromatic carbocycles. The summed E-state index contributed by atoms with van der Waals surface area (Å²) in [5.74, 6) is 1.99. The van der Waals surface area contributed by atoms with E-state index >= 15 is 0 Å². The van der Waals surface area contributed by atoms with Crippen LogP contribution in [-0.4, -0.2) is 25.8 Å². The van der Waals surface area contributed by atoms with Crippen LogP contribution in [0.3, 0.4) is 0 Å². The van der Waals surface area contributed by atoms with E-state index in [-0.39, 0.29) is 0 Å². The number of nitrogens with one attached hydrogen (secondary N) is 1. The van der Waals surface area contributed by atoms with Gasteiger partial charge in [-0.3, -0.25) is 0 Å². The van der Waals surface area contributed by atoms with Crippen LogP contribution < -0.4 is 5.32 Å². The second-order valence-electron chi connectivity index (χ2n) is 5.89. The Morgan fingerprint density at radius 2 is 1.81 bits per heavy atom. The van der Waals surface area contributed by atoms with Gasteiger partial charge in [-0.1, -0.05) is 32.6 Å². The summed E-state index contributed by atoms with van der Waals surface area (Å²) in [7, 11) is 1.82. The van der Waals surface area contributed by atoms with Crippen LogP contribution in [0.5, 0.6) is 0 Å². The van der Waals surface area contributed by atoms with Gasteiger partial charge in [-0.15, -0.1) is 0 Å². The van der Waals surface area contributed by atoms with E-state index in [4.69, 9.17) is 4.74 Å². The number of rotatable bonds is 5. The van der Waals surface area contributed by atoms with Crippen LogP contribution in [0.2, 0.25) is 0 Å². The van der Waals surface area contributed by atoms with Gasteiger partial charge in [-0.25, -0.2) is 0 Å². The molecule has 16 heavy (non-hydrogen) atoms. The van der Waals surface area contributed by atoms with Crippen LogP contribution in [0, 0.1) is 11.8 Å². The molecule has 2 saturated carbocycles. The van der Waals surface area contributed by atoms with E-state index in [0.717, 1.165) is 17.9 Å². The first-order valence-corrected chi connectivity index (χ1v) is 7.04. The van der Waals surface area contributed by atoms with Crippen molar-refractivity contribution < 1.29 is 4.74 Å². The Morgan fingerprint density at radius 3 is 2.44 bits per heavy atom. The van der Waals surface area contributed by atoms with E-state index in [1.165, 1.54) is 51.5 Å². The topological polar surface area (TPSA) is 21.3 Å². The van der Waals surface area contributed by atoms with Crippen LogP contribution in [0.1, 0.15) is 51.9 Å². The van der Waals surface area contributed by atoms with Gasteiger partial charge in [0.25, 0.3) is 0 Å². The molecule has 2 nitrogen and oxygen atoms in total. The second-order valence-corrected chi connectivity index (χ2v) is 5.89. The van der Waals surface area contributed by atoms with E-state index in [1.54, 1.807) is 0 Å². The average Bonchev–Trinajstić information content (AvgIpc) is 2.24. The molecular formula is C14H27NO. The molecule has 2 heteroatoms. The van der Waals surface area contributed by atoms with Gasteiger partial charge in [0.05, 0.1) is 6.10 Å². The number of hydrogen-bond donors (Lipinski definition) is 1. The van der Waals surface area contributed by atoms with Gasteiger partial charge in [0.15, 0.2) is 0 Å². The Bertz CT molecular complexity index is 193. The lowest BCUT2D eigenvalue weighted by Crippen LogP contribution is -2.45. The molecule has 0 aromatic rings. The molecule has 0 aliphatic heterocycles. The first-order chi connectivity index (χ1) is 7.78. The lowest BCUT2D eigenvalue weighted by molar-refractivity contribution is 0.0171. The van der Waals surface area contributed by atoms with Gasteiger partial charge in [-0.2, -0.15) is 0 Å². The molecule has 0 amide bonds. The summed E-state index contributed by atoms with van der Waals surface area (Å²) < 4.78 is 5.28. The number of methoxy groups -OCH3 is 1. The fourth-order valence-corrected chi connectivity index (χ4v) is 3.03. The predicted molar refractivity (Wildman–Crippen MR) is 67.6 cm³/mol. The highest BCUT2D eigenvalue weighted by Gasteiger charge is 2.28. The van der Waals surface area contributed by atoms with E-state index in [1.807, 2.05) is 7.11 Å². The van der Waals surface area contributed by atoms with Crippen molar-refractivity contribution in [3.05, 3.63) is 0 Å². The zero-order valence-electron chi connectivity index (χ0n) is 10.9. The summed E-state index contributed by atoms with van der Waals surface area (Å²) >= 11 is 0. The second kappa shape index (κ2) is 6.02. The molecule has 0 aromatic heterocycles. The van der Waals surface area contributed by atoms with Gasteiger partial charge >= 0.3 is 0 Å². The molecular weight excluding hydrogens is 198 g/mol. The van der Waals surface area contributed by atoms with Gasteiger partial charge in [0.1, 0.15) is 0 Å². The van der Waals surface area contributed by atoms with E-state index < -0.39 is 0 Å². The quantitative estimate of drug-likeness (QED) is 0.776. The molecule has 0 unspecified atom stereocenters. The maximum Gasteiger partial charge on any atom is 0.0601 e. The summed E-state index contributed by atoms with van der Waals surface area (Å²) in [5, 5.41) is 3.66. The summed E-state index contributed by atoms with van der Waals surface area (Å²) in [6.45, 7) is 3.62. The third-order valence-electron chi connectivity index (χ3n) is 4.55. The summed E-state index contributed by atoms with van der Waals surface area (Å²) in [6, 6.07) is 0.743. The summed E-state index contributed by atoms with van der Waals surface area (Å²) in [5.41, 5.74) is 0. The molecule has 0 saturated heterocycles. The molecule has 2 fully saturated rings. The van der Waals surface area contributed by atoms with E-state index in [9.17, 15) is 0 Å². The van der Waals surface area contributed by atoms with Crippen LogP contribution in [0.25, 0.3) is 0 Å². The van der Waals surface area contributed by atoms with Crippen molar-refractivity contribution in [3.63, 3.8) is 0 Å². The van der Waals surface area contributed by atoms with Crippen molar-refractivity contribution in [2.45, 2.75) is 64.0 Å². The SMILES string of the molecule is COC1CC(NCCC2CCC(C)CC2)C1. The third-order valence-corrected chi connectivity index (χ3v) is 4.55. The van der Waals surface area contributed by atoms with Crippen molar-refractivity contribution in [2.75, 3.05) is 13.7 Å². The number of ether oxygens (including phenoxy) is 1. The van der Waals surface area contributed by atoms with Crippen molar-refractivity contribution in [1.82, 2.24) is 5.32 Å². The monoisotopic (exact) mass is 225 g/mol. The largest absolute Gasteiger partial charge is 0.381 e. The summed E-state index contributed by atoms with van der Waals surface area (Å²) in [6.07, 6.45) is 10.2. The first-order valence-electron chi connectivity index (χ1n) is 7.04. The molecule has 2 rings (SSSR count). The van der Waals surface area contributed by atoms with Gasteiger partial charge in [-0.05, 0) is 37.6 Å². The normalized spacial score (nSPS) is 39.4. The minimum absolute atomic E-state index is 0.535. The fourth-order valence-electron chi connectivity index (χ4n) is 3.03. The molecule has 94 valence electrons. The molecule has 0 atom stereocenters. The standard InChI is InChI=1S/C14H27NO/c1-11-3-5-12(6-4-11)7-8-15-13-9-14(10-13)16-2/h11-15H,3-10H2,1-2H3. The van der Waals surface area contributed by atoms with Gasteiger partial charge in [0, 0.05) is 13.2 Å². The lowest BCUT2D eigenvalue weighted by atomic mass is 9.81. The van der Waals surface area contributed by atoms with Crippen molar-refractivity contribution in [2.24, 2.45) is 11.8 Å². The van der Waals surface area contributed by atoms with Crippen molar-refractivity contribution in [3.8, 4) is 0 Å². The molecule has 2 aliphatic carbocycles. The zero-order valence-corrected chi connectivity index (χ0v) is 10.9. The fraction of sp³-hybridized carbons (Fsp3) is 1.00. The minimum Gasteiger partial charge on any atom is -0.381 e. The average molecular weight is 225 g/mol. The molecule has 0 heterocycles. The highest BCUT2D eigenvalue weighted by atomic mass is 16.5. The Hall–Kier alpha value is -0.0800. The predicted octanol–water partition coefficient (Wildman–Crippen LogP) is 2.97. The Morgan fingerprint density at radius 1 is 1.12 bits per heavy atom. The molecule has 0 bridgehead atoms. The van der Waals surface area contributed by atoms with Gasteiger partial charge < -0.3 is 10.1 Å². The molecule has 2 aliphatic rings. The van der Waals surface area contributed by atoms with E-state index in [0.29, 0.717) is 6.10 Å². The Kier molecular flexibility index (Phi) is 4.66. The Balaban J connectivity index is 1.49. The minimum atomic E-state index is 0.535. The number of hydrogen-bond acceptors (Lipinski definition) is 2. The van der Waals surface area contributed by atoms with E-state index in [2.05, 4.69) is 12.2 Å². The summed E-state index contributed by atoms with van der Waals surface area (Å²) in [4.78, 5) is 0. The van der Waals surface area contributed by atoms with Crippen molar-refractivity contribution in [1.29, 1.82) is 0 Å². The smallest absolute Gasteiger partial charge is 0.0601 e. The highest BCUT2D eigenvalue weighted by molar-refractivity contribution is 4.85. The van der Waals surface area contributed by atoms with Crippen molar-refractivity contribution >= 4 is 0 Å². The lowest BCUT2D eigenvalue weighted by Gasteiger charge is -2.35. The van der Waals surface area contributed by atoms with Crippen LogP contribution in [0.15, 0.2) is 0 Å². The third kappa shape index (κ3) is 3.46. The molecule has 1 N–H and O–H groups in total. The van der Waals surface area contributed by atoms with Crippen LogP contribution in [0.4, 0.5) is 0 Å². The zero-order chi connectivity index (χ0) is 11.4. The molecule has 0 radical (unpaired) electrons. The Labute approximate surface area is 100 Å². The first kappa shape index (κ1) is 12.4. The molecule has 0 spiro atoms. The van der Waals surface area contributed by atoms with Crippen LogP contribution in [-0.2, 0) is 4.74 Å². The highest BCUT2D eigenvalue weighted by Crippen LogP contribution is 2.30. The van der Waals surface area contributed by atoms with Gasteiger partial charge in [0.2, 0.25) is 0 Å². The maximum absolute atomic E-state index is 5.28. The van der Waals surface area contributed by atoms with Crippen LogP contribution >= 0.6 is 0 Å².